The van der Waals surface area contributed by atoms with Crippen molar-refractivity contribution in [2.45, 2.75) is 38.3 Å². The molecule has 1 amide bonds. The summed E-state index contributed by atoms with van der Waals surface area (Å²) in [4.78, 5) is 13.8. The largest absolute Gasteiger partial charge is 0.377 e. The second-order valence-electron chi connectivity index (χ2n) is 5.04. The van der Waals surface area contributed by atoms with Crippen LogP contribution in [0.4, 0.5) is 0 Å². The lowest BCUT2D eigenvalue weighted by molar-refractivity contribution is 0.0526. The molecule has 0 saturated heterocycles. The molecule has 0 aromatic carbocycles. The number of nitrogens with zero attached hydrogens (tertiary/aromatic N) is 2. The van der Waals surface area contributed by atoms with Gasteiger partial charge in [-0.3, -0.25) is 4.79 Å². The molecule has 2 N–H and O–H groups in total. The summed E-state index contributed by atoms with van der Waals surface area (Å²) in [6, 6.07) is 1.31. The minimum absolute atomic E-state index is 0.0560. The van der Waals surface area contributed by atoms with E-state index < -0.39 is 10.0 Å². The first-order valence-corrected chi connectivity index (χ1v) is 8.31. The molecule has 0 atom stereocenters. The molecule has 0 radical (unpaired) electrons. The summed E-state index contributed by atoms with van der Waals surface area (Å²) in [7, 11) is -2.17. The van der Waals surface area contributed by atoms with Gasteiger partial charge in [-0.05, 0) is 26.8 Å². The van der Waals surface area contributed by atoms with Crippen molar-refractivity contribution in [1.29, 1.82) is 0 Å². The Balaban J connectivity index is 2.88. The molecule has 0 aliphatic rings. The summed E-state index contributed by atoms with van der Waals surface area (Å²) in [5.74, 6) is -0.265. The molecular weight excluding hydrogens is 294 g/mol. The molecule has 0 unspecified atom stereocenters. The van der Waals surface area contributed by atoms with Crippen LogP contribution < -0.4 is 5.14 Å². The van der Waals surface area contributed by atoms with E-state index in [1.54, 1.807) is 11.6 Å². The van der Waals surface area contributed by atoms with E-state index in [-0.39, 0.29) is 16.9 Å². The van der Waals surface area contributed by atoms with Crippen LogP contribution in [0, 0.1) is 0 Å². The molecule has 1 aromatic rings. The molecule has 0 saturated carbocycles. The third-order valence-electron chi connectivity index (χ3n) is 2.98. The SMILES string of the molecule is CCn1cc(S(N)(=O)=O)cc1C(=O)N(C)CCOC(C)C. The number of ether oxygens (including phenoxy) is 1. The highest BCUT2D eigenvalue weighted by Crippen LogP contribution is 2.14. The van der Waals surface area contributed by atoms with Crippen molar-refractivity contribution in [3.8, 4) is 0 Å². The predicted octanol–water partition coefficient (Wildman–Crippen LogP) is 0.652. The zero-order valence-corrected chi connectivity index (χ0v) is 13.7. The van der Waals surface area contributed by atoms with Crippen molar-refractivity contribution in [2.24, 2.45) is 5.14 Å². The summed E-state index contributed by atoms with van der Waals surface area (Å²) >= 11 is 0. The number of carbonyl (C=O) groups excluding carboxylic acids is 1. The standard InChI is InChI=1S/C13H23N3O4S/c1-5-16-9-11(21(14,18)19)8-12(16)13(17)15(4)6-7-20-10(2)3/h8-10H,5-7H2,1-4H3,(H2,14,18,19). The van der Waals surface area contributed by atoms with Gasteiger partial charge in [-0.25, -0.2) is 13.6 Å². The summed E-state index contributed by atoms with van der Waals surface area (Å²) in [5, 5.41) is 5.10. The number of rotatable bonds is 7. The zero-order valence-electron chi connectivity index (χ0n) is 12.9. The van der Waals surface area contributed by atoms with Crippen LogP contribution >= 0.6 is 0 Å². The molecule has 21 heavy (non-hydrogen) atoms. The number of carbonyl (C=O) groups is 1. The zero-order chi connectivity index (χ0) is 16.2. The van der Waals surface area contributed by atoms with E-state index in [1.807, 2.05) is 20.8 Å². The average molecular weight is 317 g/mol. The van der Waals surface area contributed by atoms with E-state index in [9.17, 15) is 13.2 Å². The van der Waals surface area contributed by atoms with Crippen LogP contribution in [-0.4, -0.2) is 50.1 Å². The fourth-order valence-corrected chi connectivity index (χ4v) is 2.35. The Hall–Kier alpha value is -1.38. The molecule has 120 valence electrons. The highest BCUT2D eigenvalue weighted by Gasteiger charge is 2.20. The van der Waals surface area contributed by atoms with Crippen molar-refractivity contribution >= 4 is 15.9 Å². The molecule has 0 spiro atoms. The molecule has 8 heteroatoms. The van der Waals surface area contributed by atoms with Crippen LogP contribution in [0.1, 0.15) is 31.3 Å². The Morgan fingerprint density at radius 3 is 2.57 bits per heavy atom. The maximum Gasteiger partial charge on any atom is 0.270 e. The molecular formula is C13H23N3O4S. The number of primary sulfonamides is 1. The van der Waals surface area contributed by atoms with Crippen molar-refractivity contribution in [1.82, 2.24) is 9.47 Å². The van der Waals surface area contributed by atoms with Gasteiger partial charge in [0.05, 0.1) is 12.7 Å². The van der Waals surface area contributed by atoms with E-state index >= 15 is 0 Å². The Kier molecular flexibility index (Phi) is 5.94. The fraction of sp³-hybridized carbons (Fsp3) is 0.615. The van der Waals surface area contributed by atoms with Crippen molar-refractivity contribution in [2.75, 3.05) is 20.2 Å². The first kappa shape index (κ1) is 17.7. The third kappa shape index (κ3) is 4.83. The first-order chi connectivity index (χ1) is 9.66. The third-order valence-corrected chi connectivity index (χ3v) is 3.86. The molecule has 0 fully saturated rings. The second kappa shape index (κ2) is 7.06. The van der Waals surface area contributed by atoms with Crippen molar-refractivity contribution in [3.63, 3.8) is 0 Å². The van der Waals surface area contributed by atoms with E-state index in [4.69, 9.17) is 9.88 Å². The number of amides is 1. The molecule has 1 heterocycles. The lowest BCUT2D eigenvalue weighted by atomic mass is 10.3. The van der Waals surface area contributed by atoms with Crippen LogP contribution in [0.15, 0.2) is 17.2 Å². The number of aryl methyl sites for hydroxylation is 1. The van der Waals surface area contributed by atoms with Gasteiger partial charge in [0.2, 0.25) is 10.0 Å². The van der Waals surface area contributed by atoms with Crippen LogP contribution in [0.5, 0.6) is 0 Å². The second-order valence-corrected chi connectivity index (χ2v) is 6.60. The Morgan fingerprint density at radius 1 is 1.48 bits per heavy atom. The number of hydrogen-bond donors (Lipinski definition) is 1. The quantitative estimate of drug-likeness (QED) is 0.799. The molecule has 7 nitrogen and oxygen atoms in total. The topological polar surface area (TPSA) is 94.6 Å². The van der Waals surface area contributed by atoms with Gasteiger partial charge in [-0.1, -0.05) is 0 Å². The fourth-order valence-electron chi connectivity index (χ4n) is 1.80. The summed E-state index contributed by atoms with van der Waals surface area (Å²) in [6.45, 7) is 6.99. The lowest BCUT2D eigenvalue weighted by Gasteiger charge is -2.18. The number of aromatic nitrogens is 1. The van der Waals surface area contributed by atoms with E-state index in [1.165, 1.54) is 17.2 Å². The molecule has 1 aromatic heterocycles. The molecule has 0 aliphatic heterocycles. The minimum Gasteiger partial charge on any atom is -0.377 e. The van der Waals surface area contributed by atoms with Gasteiger partial charge < -0.3 is 14.2 Å². The van der Waals surface area contributed by atoms with Crippen LogP contribution in [0.2, 0.25) is 0 Å². The highest BCUT2D eigenvalue weighted by atomic mass is 32.2. The molecule has 0 bridgehead atoms. The van der Waals surface area contributed by atoms with Gasteiger partial charge in [-0.2, -0.15) is 0 Å². The van der Waals surface area contributed by atoms with Gasteiger partial charge in [0, 0.05) is 26.3 Å². The molecule has 0 aliphatic carbocycles. The maximum atomic E-state index is 12.4. The Bertz CT molecular complexity index is 593. The van der Waals surface area contributed by atoms with Gasteiger partial charge in [0.1, 0.15) is 10.6 Å². The van der Waals surface area contributed by atoms with Crippen LogP contribution in [0.25, 0.3) is 0 Å². The Labute approximate surface area is 125 Å². The van der Waals surface area contributed by atoms with Gasteiger partial charge in [0.15, 0.2) is 0 Å². The molecule has 1 rings (SSSR count). The summed E-state index contributed by atoms with van der Waals surface area (Å²) < 4.78 is 29.7. The highest BCUT2D eigenvalue weighted by molar-refractivity contribution is 7.89. The van der Waals surface area contributed by atoms with Crippen LogP contribution in [-0.2, 0) is 21.3 Å². The van der Waals surface area contributed by atoms with E-state index in [0.29, 0.717) is 25.4 Å². The number of nitrogens with two attached hydrogens (primary N) is 1. The normalized spacial score (nSPS) is 11.9. The predicted molar refractivity (Wildman–Crippen MR) is 79.5 cm³/mol. The van der Waals surface area contributed by atoms with Gasteiger partial charge >= 0.3 is 0 Å². The van der Waals surface area contributed by atoms with Gasteiger partial charge in [0.25, 0.3) is 5.91 Å². The Morgan fingerprint density at radius 2 is 2.10 bits per heavy atom. The smallest absolute Gasteiger partial charge is 0.270 e. The van der Waals surface area contributed by atoms with Gasteiger partial charge in [-0.15, -0.1) is 0 Å². The maximum absolute atomic E-state index is 12.4. The number of sulfonamides is 1. The monoisotopic (exact) mass is 317 g/mol. The van der Waals surface area contributed by atoms with E-state index in [2.05, 4.69) is 0 Å². The number of likely N-dealkylation sites (N-methyl/N-ethyl adjacent to an activating group) is 1. The minimum atomic E-state index is -3.82. The van der Waals surface area contributed by atoms with E-state index in [0.717, 1.165) is 0 Å². The number of hydrogen-bond acceptors (Lipinski definition) is 4. The van der Waals surface area contributed by atoms with Crippen LogP contribution in [0.3, 0.4) is 0 Å². The first-order valence-electron chi connectivity index (χ1n) is 6.76. The summed E-state index contributed by atoms with van der Waals surface area (Å²) in [6.07, 6.45) is 1.48. The summed E-state index contributed by atoms with van der Waals surface area (Å²) in [5.41, 5.74) is 0.300. The average Bonchev–Trinajstić information content (AvgIpc) is 2.81. The van der Waals surface area contributed by atoms with Crippen molar-refractivity contribution in [3.05, 3.63) is 18.0 Å². The van der Waals surface area contributed by atoms with Crippen molar-refractivity contribution < 1.29 is 17.9 Å². The lowest BCUT2D eigenvalue weighted by Crippen LogP contribution is -2.32.